The van der Waals surface area contributed by atoms with E-state index in [1.165, 1.54) is 16.8 Å². The van der Waals surface area contributed by atoms with Gasteiger partial charge in [-0.05, 0) is 38.0 Å². The van der Waals surface area contributed by atoms with Crippen LogP contribution in [0.5, 0.6) is 0 Å². The molecule has 0 spiro atoms. The Kier molecular flexibility index (Phi) is 3.75. The van der Waals surface area contributed by atoms with Crippen molar-refractivity contribution in [2.45, 2.75) is 20.3 Å². The van der Waals surface area contributed by atoms with E-state index in [-0.39, 0.29) is 0 Å². The van der Waals surface area contributed by atoms with Crippen molar-refractivity contribution in [3.8, 4) is 0 Å². The molecule has 0 aromatic heterocycles. The van der Waals surface area contributed by atoms with E-state index in [0.29, 0.717) is 0 Å². The van der Waals surface area contributed by atoms with Crippen LogP contribution in [0.1, 0.15) is 19.4 Å². The highest BCUT2D eigenvalue weighted by Crippen LogP contribution is 2.14. The summed E-state index contributed by atoms with van der Waals surface area (Å²) in [6.45, 7) is 4.25. The Bertz CT molecular complexity index is 307. The molecule has 14 heavy (non-hydrogen) atoms. The van der Waals surface area contributed by atoms with Gasteiger partial charge >= 0.3 is 0 Å². The van der Waals surface area contributed by atoms with Gasteiger partial charge in [0.1, 0.15) is 0 Å². The van der Waals surface area contributed by atoms with Gasteiger partial charge in [-0.3, -0.25) is 0 Å². The Morgan fingerprint density at radius 3 is 2.21 bits per heavy atom. The molecule has 0 bridgehead atoms. The predicted octanol–water partition coefficient (Wildman–Crippen LogP) is 3.26. The van der Waals surface area contributed by atoms with Crippen LogP contribution in [0, 0.1) is 0 Å². The van der Waals surface area contributed by atoms with Crippen LogP contribution in [0.3, 0.4) is 0 Å². The third-order valence-corrected chi connectivity index (χ3v) is 2.43. The molecule has 0 amide bonds. The fraction of sp³-hybridized carbons (Fsp3) is 0.385. The molecule has 76 valence electrons. The first-order valence-corrected chi connectivity index (χ1v) is 5.01. The molecule has 0 heterocycles. The zero-order valence-electron chi connectivity index (χ0n) is 9.54. The van der Waals surface area contributed by atoms with E-state index in [1.807, 2.05) is 0 Å². The lowest BCUT2D eigenvalue weighted by atomic mass is 10.1. The van der Waals surface area contributed by atoms with Gasteiger partial charge in [-0.25, -0.2) is 0 Å². The van der Waals surface area contributed by atoms with Crippen molar-refractivity contribution in [2.75, 3.05) is 19.0 Å². The summed E-state index contributed by atoms with van der Waals surface area (Å²) >= 11 is 0. The number of rotatable bonds is 3. The lowest BCUT2D eigenvalue weighted by Gasteiger charge is -2.12. The smallest absolute Gasteiger partial charge is 0.0361 e. The first kappa shape index (κ1) is 10.8. The molecule has 0 saturated heterocycles. The van der Waals surface area contributed by atoms with Crippen LogP contribution in [0.25, 0.3) is 0 Å². The highest BCUT2D eigenvalue weighted by molar-refractivity contribution is 5.46. The molecule has 0 aliphatic rings. The van der Waals surface area contributed by atoms with Gasteiger partial charge in [-0.15, -0.1) is 0 Å². The van der Waals surface area contributed by atoms with Gasteiger partial charge in [0, 0.05) is 19.8 Å². The average molecular weight is 189 g/mol. The van der Waals surface area contributed by atoms with Crippen LogP contribution in [0.15, 0.2) is 35.9 Å². The third-order valence-electron chi connectivity index (χ3n) is 2.43. The number of hydrogen-bond donors (Lipinski definition) is 0. The van der Waals surface area contributed by atoms with E-state index in [1.54, 1.807) is 0 Å². The highest BCUT2D eigenvalue weighted by atomic mass is 15.1. The molecule has 0 aliphatic heterocycles. The van der Waals surface area contributed by atoms with Crippen LogP contribution in [0.4, 0.5) is 5.69 Å². The Morgan fingerprint density at radius 1 is 1.21 bits per heavy atom. The first-order chi connectivity index (χ1) is 6.63. The summed E-state index contributed by atoms with van der Waals surface area (Å²) in [4.78, 5) is 2.12. The molecular weight excluding hydrogens is 170 g/mol. The number of anilines is 1. The lowest BCUT2D eigenvalue weighted by Crippen LogP contribution is -2.08. The predicted molar refractivity (Wildman–Crippen MR) is 63.9 cm³/mol. The molecule has 1 rings (SSSR count). The fourth-order valence-corrected chi connectivity index (χ4v) is 1.34. The monoisotopic (exact) mass is 189 g/mol. The molecule has 0 radical (unpaired) electrons. The van der Waals surface area contributed by atoms with Gasteiger partial charge < -0.3 is 4.90 Å². The van der Waals surface area contributed by atoms with E-state index in [4.69, 9.17) is 0 Å². The molecule has 0 unspecified atom stereocenters. The second-order valence-corrected chi connectivity index (χ2v) is 3.87. The SMILES string of the molecule is CC=C(C)Cc1ccc(N(C)C)cc1. The topological polar surface area (TPSA) is 3.24 Å². The van der Waals surface area contributed by atoms with Crippen LogP contribution in [0.2, 0.25) is 0 Å². The van der Waals surface area contributed by atoms with Crippen molar-refractivity contribution in [1.29, 1.82) is 0 Å². The molecule has 1 nitrogen and oxygen atoms in total. The second kappa shape index (κ2) is 4.85. The second-order valence-electron chi connectivity index (χ2n) is 3.87. The van der Waals surface area contributed by atoms with Crippen molar-refractivity contribution >= 4 is 5.69 Å². The Hall–Kier alpha value is -1.24. The summed E-state index contributed by atoms with van der Waals surface area (Å²) in [7, 11) is 4.12. The summed E-state index contributed by atoms with van der Waals surface area (Å²) in [5.41, 5.74) is 4.06. The molecule has 0 atom stereocenters. The standard InChI is InChI=1S/C13H19N/c1-5-11(2)10-12-6-8-13(9-7-12)14(3)4/h5-9H,10H2,1-4H3. The van der Waals surface area contributed by atoms with Crippen LogP contribution < -0.4 is 4.90 Å². The summed E-state index contributed by atoms with van der Waals surface area (Å²) in [6, 6.07) is 8.72. The van der Waals surface area contributed by atoms with Gasteiger partial charge in [0.25, 0.3) is 0 Å². The average Bonchev–Trinajstić information content (AvgIpc) is 2.18. The number of allylic oxidation sites excluding steroid dienone is 2. The van der Waals surface area contributed by atoms with Crippen LogP contribution >= 0.6 is 0 Å². The molecule has 1 heteroatoms. The van der Waals surface area contributed by atoms with E-state index >= 15 is 0 Å². The third kappa shape index (κ3) is 2.91. The minimum atomic E-state index is 1.06. The summed E-state index contributed by atoms with van der Waals surface area (Å²) in [5, 5.41) is 0. The van der Waals surface area contributed by atoms with Gasteiger partial charge in [-0.1, -0.05) is 23.8 Å². The first-order valence-electron chi connectivity index (χ1n) is 5.01. The van der Waals surface area contributed by atoms with Crippen LogP contribution in [-0.4, -0.2) is 14.1 Å². The van der Waals surface area contributed by atoms with Crippen molar-refractivity contribution in [3.05, 3.63) is 41.5 Å². The Balaban J connectivity index is 2.74. The minimum absolute atomic E-state index is 1.06. The van der Waals surface area contributed by atoms with Gasteiger partial charge in [0.05, 0.1) is 0 Å². The Morgan fingerprint density at radius 2 is 1.79 bits per heavy atom. The van der Waals surface area contributed by atoms with Gasteiger partial charge in [0.15, 0.2) is 0 Å². The van der Waals surface area contributed by atoms with E-state index < -0.39 is 0 Å². The van der Waals surface area contributed by atoms with Crippen molar-refractivity contribution in [1.82, 2.24) is 0 Å². The maximum atomic E-state index is 2.20. The van der Waals surface area contributed by atoms with Crippen LogP contribution in [-0.2, 0) is 6.42 Å². The Labute approximate surface area is 87.1 Å². The van der Waals surface area contributed by atoms with Gasteiger partial charge in [0.2, 0.25) is 0 Å². The quantitative estimate of drug-likeness (QED) is 0.660. The largest absolute Gasteiger partial charge is 0.378 e. The van der Waals surface area contributed by atoms with E-state index in [2.05, 4.69) is 63.2 Å². The zero-order valence-corrected chi connectivity index (χ0v) is 9.54. The normalized spacial score (nSPS) is 11.6. The van der Waals surface area contributed by atoms with Crippen molar-refractivity contribution in [3.63, 3.8) is 0 Å². The molecule has 0 N–H and O–H groups in total. The maximum absolute atomic E-state index is 2.20. The summed E-state index contributed by atoms with van der Waals surface area (Å²) in [5.74, 6) is 0. The van der Waals surface area contributed by atoms with Gasteiger partial charge in [-0.2, -0.15) is 0 Å². The van der Waals surface area contributed by atoms with Crippen molar-refractivity contribution in [2.24, 2.45) is 0 Å². The highest BCUT2D eigenvalue weighted by Gasteiger charge is 1.96. The molecule has 1 aromatic rings. The number of hydrogen-bond acceptors (Lipinski definition) is 1. The fourth-order valence-electron chi connectivity index (χ4n) is 1.34. The molecular formula is C13H19N. The molecule has 1 aromatic carbocycles. The molecule has 0 aliphatic carbocycles. The van der Waals surface area contributed by atoms with Crippen molar-refractivity contribution < 1.29 is 0 Å². The molecule has 0 fully saturated rings. The zero-order chi connectivity index (χ0) is 10.6. The van der Waals surface area contributed by atoms with E-state index in [9.17, 15) is 0 Å². The summed E-state index contributed by atoms with van der Waals surface area (Å²) in [6.07, 6.45) is 3.23. The number of nitrogens with zero attached hydrogens (tertiary/aromatic N) is 1. The molecule has 0 saturated carbocycles. The minimum Gasteiger partial charge on any atom is -0.378 e. The van der Waals surface area contributed by atoms with E-state index in [0.717, 1.165) is 6.42 Å². The maximum Gasteiger partial charge on any atom is 0.0361 e. The lowest BCUT2D eigenvalue weighted by molar-refractivity contribution is 1.11. The number of benzene rings is 1. The summed E-state index contributed by atoms with van der Waals surface area (Å²) < 4.78 is 0.